The molecule has 0 saturated carbocycles. The van der Waals surface area contributed by atoms with Gasteiger partial charge in [-0.25, -0.2) is 9.18 Å². The van der Waals surface area contributed by atoms with Gasteiger partial charge in [0.15, 0.2) is 0 Å². The van der Waals surface area contributed by atoms with Crippen LogP contribution in [0.2, 0.25) is 0 Å². The normalized spacial score (nSPS) is 17.7. The van der Waals surface area contributed by atoms with Crippen LogP contribution in [-0.2, 0) is 9.08 Å². The van der Waals surface area contributed by atoms with E-state index in [0.717, 1.165) is 0 Å². The van der Waals surface area contributed by atoms with E-state index in [-0.39, 0.29) is 19.4 Å². The highest BCUT2D eigenvalue weighted by Crippen LogP contribution is 2.15. The second kappa shape index (κ2) is 6.65. The SMILES string of the molecule is CC(N)=NC[C@@H](F)CC[C@](C)(N)C(=O)OCl. The maximum Gasteiger partial charge on any atom is 0.344 e. The van der Waals surface area contributed by atoms with Crippen molar-refractivity contribution in [3.63, 3.8) is 0 Å². The Kier molecular flexibility index (Phi) is 6.28. The first kappa shape index (κ1) is 15.1. The molecular formula is C9H17ClFN3O2. The molecular weight excluding hydrogens is 237 g/mol. The molecule has 0 heterocycles. The number of nitrogens with two attached hydrogens (primary N) is 2. The maximum absolute atomic E-state index is 13.3. The number of hydrogen-bond acceptors (Lipinski definition) is 4. The van der Waals surface area contributed by atoms with Gasteiger partial charge in [-0.2, -0.15) is 0 Å². The fraction of sp³-hybridized carbons (Fsp3) is 0.778. The van der Waals surface area contributed by atoms with Gasteiger partial charge in [0, 0.05) is 0 Å². The van der Waals surface area contributed by atoms with Crippen molar-refractivity contribution in [2.24, 2.45) is 16.5 Å². The Balaban J connectivity index is 4.04. The Morgan fingerprint density at radius 2 is 2.25 bits per heavy atom. The number of aliphatic imine (C=N–C) groups is 1. The highest BCUT2D eigenvalue weighted by atomic mass is 35.5. The lowest BCUT2D eigenvalue weighted by Crippen LogP contribution is -2.45. The van der Waals surface area contributed by atoms with Crippen LogP contribution >= 0.6 is 11.9 Å². The summed E-state index contributed by atoms with van der Waals surface area (Å²) in [5.41, 5.74) is 9.56. The molecule has 0 radical (unpaired) electrons. The van der Waals surface area contributed by atoms with E-state index < -0.39 is 17.7 Å². The molecule has 0 saturated heterocycles. The molecule has 4 N–H and O–H groups in total. The van der Waals surface area contributed by atoms with Crippen molar-refractivity contribution in [3.05, 3.63) is 0 Å². The number of halogens is 2. The number of carbonyl (C=O) groups excluding carboxylic acids is 1. The molecule has 0 bridgehead atoms. The molecule has 0 aromatic carbocycles. The maximum atomic E-state index is 13.3. The fourth-order valence-corrected chi connectivity index (χ4v) is 1.16. The predicted octanol–water partition coefficient (Wildman–Crippen LogP) is 0.896. The lowest BCUT2D eigenvalue weighted by atomic mass is 9.96. The van der Waals surface area contributed by atoms with Crippen molar-refractivity contribution < 1.29 is 13.5 Å². The number of alkyl halides is 1. The van der Waals surface area contributed by atoms with E-state index in [1.54, 1.807) is 6.92 Å². The van der Waals surface area contributed by atoms with Gasteiger partial charge in [0.25, 0.3) is 0 Å². The van der Waals surface area contributed by atoms with E-state index in [4.69, 9.17) is 23.3 Å². The minimum absolute atomic E-state index is 0.0334. The molecule has 16 heavy (non-hydrogen) atoms. The zero-order valence-corrected chi connectivity index (χ0v) is 10.1. The number of amidine groups is 1. The van der Waals surface area contributed by atoms with Crippen molar-refractivity contribution >= 4 is 23.7 Å². The first-order valence-electron chi connectivity index (χ1n) is 4.82. The lowest BCUT2D eigenvalue weighted by Gasteiger charge is -2.20. The number of hydrogen-bond donors (Lipinski definition) is 2. The summed E-state index contributed by atoms with van der Waals surface area (Å²) in [7, 11) is 0. The van der Waals surface area contributed by atoms with Gasteiger partial charge < -0.3 is 15.8 Å². The monoisotopic (exact) mass is 253 g/mol. The van der Waals surface area contributed by atoms with Crippen LogP contribution in [0.15, 0.2) is 4.99 Å². The van der Waals surface area contributed by atoms with Crippen LogP contribution in [0.4, 0.5) is 4.39 Å². The summed E-state index contributed by atoms with van der Waals surface area (Å²) in [4.78, 5) is 14.8. The van der Waals surface area contributed by atoms with Gasteiger partial charge >= 0.3 is 5.97 Å². The molecule has 5 nitrogen and oxygen atoms in total. The first-order chi connectivity index (χ1) is 7.29. The van der Waals surface area contributed by atoms with Crippen LogP contribution in [0, 0.1) is 0 Å². The summed E-state index contributed by atoms with van der Waals surface area (Å²) in [6.07, 6.45) is -0.973. The van der Waals surface area contributed by atoms with Gasteiger partial charge in [-0.05, 0) is 26.7 Å². The van der Waals surface area contributed by atoms with Crippen molar-refractivity contribution in [3.8, 4) is 0 Å². The first-order valence-corrected chi connectivity index (χ1v) is 5.13. The lowest BCUT2D eigenvalue weighted by molar-refractivity contribution is -0.139. The summed E-state index contributed by atoms with van der Waals surface area (Å²) in [5.74, 6) is -0.460. The molecule has 0 fully saturated rings. The Morgan fingerprint density at radius 3 is 2.69 bits per heavy atom. The summed E-state index contributed by atoms with van der Waals surface area (Å²) >= 11 is 4.89. The zero-order valence-electron chi connectivity index (χ0n) is 9.37. The van der Waals surface area contributed by atoms with E-state index >= 15 is 0 Å². The molecule has 0 spiro atoms. The molecule has 2 atom stereocenters. The minimum Gasteiger partial charge on any atom is -0.388 e. The van der Waals surface area contributed by atoms with E-state index in [1.807, 2.05) is 0 Å². The molecule has 0 amide bonds. The highest BCUT2D eigenvalue weighted by molar-refractivity contribution is 6.14. The van der Waals surface area contributed by atoms with E-state index in [1.165, 1.54) is 6.92 Å². The Morgan fingerprint density at radius 1 is 1.69 bits per heavy atom. The molecule has 0 aromatic rings. The van der Waals surface area contributed by atoms with Gasteiger partial charge in [-0.15, -0.1) is 0 Å². The Bertz CT molecular complexity index is 267. The van der Waals surface area contributed by atoms with E-state index in [2.05, 4.69) is 9.28 Å². The Hall–Kier alpha value is -0.880. The summed E-state index contributed by atoms with van der Waals surface area (Å²) in [6, 6.07) is 0. The van der Waals surface area contributed by atoms with Crippen LogP contribution in [0.5, 0.6) is 0 Å². The molecule has 0 unspecified atom stereocenters. The zero-order chi connectivity index (χ0) is 12.8. The van der Waals surface area contributed by atoms with Crippen LogP contribution in [0.3, 0.4) is 0 Å². The number of nitrogens with zero attached hydrogens (tertiary/aromatic N) is 1. The van der Waals surface area contributed by atoms with Crippen molar-refractivity contribution in [1.29, 1.82) is 0 Å². The average Bonchev–Trinajstić information content (AvgIpc) is 2.22. The summed E-state index contributed by atoms with van der Waals surface area (Å²) in [5, 5.41) is 0. The second-order valence-corrected chi connectivity index (χ2v) is 4.05. The molecule has 94 valence electrons. The summed E-state index contributed by atoms with van der Waals surface area (Å²) < 4.78 is 17.2. The van der Waals surface area contributed by atoms with Gasteiger partial charge in [0.1, 0.15) is 23.6 Å². The average molecular weight is 254 g/mol. The molecule has 0 aromatic heterocycles. The smallest absolute Gasteiger partial charge is 0.344 e. The number of carbonyl (C=O) groups is 1. The third kappa shape index (κ3) is 5.87. The van der Waals surface area contributed by atoms with Gasteiger partial charge in [0.2, 0.25) is 0 Å². The molecule has 0 rings (SSSR count). The molecule has 7 heteroatoms. The highest BCUT2D eigenvalue weighted by Gasteiger charge is 2.30. The fourth-order valence-electron chi connectivity index (χ4n) is 0.981. The third-order valence-corrected chi connectivity index (χ3v) is 2.19. The topological polar surface area (TPSA) is 90.7 Å². The van der Waals surface area contributed by atoms with Crippen LogP contribution in [0.25, 0.3) is 0 Å². The minimum atomic E-state index is -1.28. The largest absolute Gasteiger partial charge is 0.388 e. The van der Waals surface area contributed by atoms with Crippen LogP contribution in [-0.4, -0.2) is 30.1 Å². The Labute approximate surface area is 99.2 Å². The second-order valence-electron chi connectivity index (χ2n) is 3.90. The predicted molar refractivity (Wildman–Crippen MR) is 60.8 cm³/mol. The van der Waals surface area contributed by atoms with E-state index in [0.29, 0.717) is 5.84 Å². The van der Waals surface area contributed by atoms with Gasteiger partial charge in [-0.3, -0.25) is 4.99 Å². The van der Waals surface area contributed by atoms with Crippen LogP contribution < -0.4 is 11.5 Å². The quantitative estimate of drug-likeness (QED) is 0.543. The molecule has 0 aliphatic rings. The van der Waals surface area contributed by atoms with Crippen molar-refractivity contribution in [2.75, 3.05) is 6.54 Å². The summed E-state index contributed by atoms with van der Waals surface area (Å²) in [6.45, 7) is 2.97. The van der Waals surface area contributed by atoms with Crippen LogP contribution in [0.1, 0.15) is 26.7 Å². The van der Waals surface area contributed by atoms with Crippen molar-refractivity contribution in [2.45, 2.75) is 38.4 Å². The molecule has 0 aliphatic heterocycles. The standard InChI is InChI=1S/C9H17ClFN3O2/c1-6(12)14-5-7(11)3-4-9(2,13)8(15)16-10/h7H,3-5,13H2,1-2H3,(H2,12,14)/t7-,9-/m0/s1. The van der Waals surface area contributed by atoms with Crippen molar-refractivity contribution in [1.82, 2.24) is 0 Å². The number of rotatable bonds is 6. The van der Waals surface area contributed by atoms with E-state index in [9.17, 15) is 9.18 Å². The molecule has 0 aliphatic carbocycles. The van der Waals surface area contributed by atoms with Gasteiger partial charge in [-0.1, -0.05) is 0 Å². The third-order valence-electron chi connectivity index (χ3n) is 2.05. The van der Waals surface area contributed by atoms with Gasteiger partial charge in [0.05, 0.1) is 12.4 Å².